The predicted octanol–water partition coefficient (Wildman–Crippen LogP) is 4.83. The van der Waals surface area contributed by atoms with Crippen molar-refractivity contribution in [2.45, 2.75) is 57.4 Å². The van der Waals surface area contributed by atoms with E-state index in [2.05, 4.69) is 24.9 Å². The highest BCUT2D eigenvalue weighted by Crippen LogP contribution is 2.43. The third-order valence-electron chi connectivity index (χ3n) is 6.60. The van der Waals surface area contributed by atoms with E-state index < -0.39 is 52.7 Å². The van der Waals surface area contributed by atoms with Gasteiger partial charge in [-0.15, -0.1) is 5.10 Å². The molecule has 44 heavy (non-hydrogen) atoms. The van der Waals surface area contributed by atoms with Crippen molar-refractivity contribution in [1.82, 2.24) is 14.6 Å². The van der Waals surface area contributed by atoms with Gasteiger partial charge in [-0.05, 0) is 36.5 Å². The first-order valence-electron chi connectivity index (χ1n) is 13.1. The number of imidazole rings is 1. The third-order valence-corrected chi connectivity index (χ3v) is 6.60. The lowest BCUT2D eigenvalue weighted by Gasteiger charge is -2.25. The maximum atomic E-state index is 13.3. The zero-order valence-corrected chi connectivity index (χ0v) is 23.8. The Morgan fingerprint density at radius 2 is 1.59 bits per heavy atom. The van der Waals surface area contributed by atoms with Crippen LogP contribution in [0.25, 0.3) is 5.65 Å². The molecule has 1 saturated heterocycles. The quantitative estimate of drug-likeness (QED) is 0.222. The second kappa shape index (κ2) is 11.9. The Morgan fingerprint density at radius 3 is 2.18 bits per heavy atom. The van der Waals surface area contributed by atoms with Gasteiger partial charge in [-0.25, -0.2) is 19.1 Å². The van der Waals surface area contributed by atoms with E-state index in [4.69, 9.17) is 4.74 Å². The molecule has 1 aromatic carbocycles. The van der Waals surface area contributed by atoms with Gasteiger partial charge in [-0.1, -0.05) is 26.8 Å². The van der Waals surface area contributed by atoms with Gasteiger partial charge in [0.05, 0.1) is 24.4 Å². The van der Waals surface area contributed by atoms with E-state index in [0.717, 1.165) is 31.5 Å². The van der Waals surface area contributed by atoms with E-state index in [1.807, 2.05) is 4.90 Å². The van der Waals surface area contributed by atoms with Crippen LogP contribution in [0.15, 0.2) is 30.5 Å². The number of alkyl halides is 6. The van der Waals surface area contributed by atoms with Crippen molar-refractivity contribution >= 4 is 35.1 Å². The van der Waals surface area contributed by atoms with Gasteiger partial charge in [0.2, 0.25) is 0 Å². The van der Waals surface area contributed by atoms with Crippen molar-refractivity contribution in [2.24, 2.45) is 0 Å². The first-order chi connectivity index (χ1) is 20.4. The first kappa shape index (κ1) is 32.5. The van der Waals surface area contributed by atoms with E-state index in [-0.39, 0.29) is 23.1 Å². The standard InChI is InChI=1S/C27H27F6N5O6/c1-25(2,3)16-8-7-15(20(43-23(40)26(28,29)30)21(16)44-24(41)27(31,32)33)22(39)35-17-12-38-18(34-17)9-10-19(36-38)37-11-5-6-14(37)13-42-4/h7-10,12,14H,5-6,11,13H2,1-4H3,(H,35,39)/t14-/m0/s1. The number of carbonyl (C=O) groups is 3. The van der Waals surface area contributed by atoms with Crippen LogP contribution < -0.4 is 19.7 Å². The van der Waals surface area contributed by atoms with E-state index in [9.17, 15) is 40.7 Å². The average molecular weight is 632 g/mol. The van der Waals surface area contributed by atoms with Crippen molar-refractivity contribution in [3.63, 3.8) is 0 Å². The summed E-state index contributed by atoms with van der Waals surface area (Å²) in [6, 6.07) is 5.42. The monoisotopic (exact) mass is 631 g/mol. The van der Waals surface area contributed by atoms with Gasteiger partial charge in [-0.2, -0.15) is 26.3 Å². The van der Waals surface area contributed by atoms with Crippen molar-refractivity contribution in [2.75, 3.05) is 30.5 Å². The predicted molar refractivity (Wildman–Crippen MR) is 142 cm³/mol. The second-order valence-corrected chi connectivity index (χ2v) is 10.9. The summed E-state index contributed by atoms with van der Waals surface area (Å²) in [5, 5.41) is 6.81. The number of ether oxygens (including phenoxy) is 3. The molecule has 1 N–H and O–H groups in total. The number of hydrogen-bond acceptors (Lipinski definition) is 9. The molecule has 17 heteroatoms. The average Bonchev–Trinajstić information content (AvgIpc) is 3.53. The van der Waals surface area contributed by atoms with Crippen LogP contribution >= 0.6 is 0 Å². The van der Waals surface area contributed by atoms with Crippen LogP contribution in [0.3, 0.4) is 0 Å². The number of rotatable bonds is 7. The van der Waals surface area contributed by atoms with Gasteiger partial charge in [0.15, 0.2) is 23.0 Å². The number of carbonyl (C=O) groups excluding carboxylic acids is 3. The minimum Gasteiger partial charge on any atom is -0.416 e. The van der Waals surface area contributed by atoms with Crippen LogP contribution in [-0.2, 0) is 19.7 Å². The number of esters is 2. The van der Waals surface area contributed by atoms with E-state index in [1.54, 1.807) is 19.2 Å². The molecule has 1 fully saturated rings. The molecular weight excluding hydrogens is 604 g/mol. The zero-order chi connectivity index (χ0) is 32.6. The molecule has 3 aromatic rings. The number of nitrogens with one attached hydrogen (secondary N) is 1. The maximum absolute atomic E-state index is 13.3. The number of benzene rings is 1. The number of amides is 1. The smallest absolute Gasteiger partial charge is 0.416 e. The largest absolute Gasteiger partial charge is 0.491 e. The Bertz CT molecular complexity index is 1580. The molecule has 11 nitrogen and oxygen atoms in total. The molecule has 3 heterocycles. The van der Waals surface area contributed by atoms with Crippen LogP contribution in [0.2, 0.25) is 0 Å². The highest BCUT2D eigenvalue weighted by atomic mass is 19.4. The molecule has 0 bridgehead atoms. The molecular formula is C27H27F6N5O6. The highest BCUT2D eigenvalue weighted by molar-refractivity contribution is 6.07. The molecule has 0 aliphatic carbocycles. The summed E-state index contributed by atoms with van der Waals surface area (Å²) >= 11 is 0. The third kappa shape index (κ3) is 7.03. The molecule has 0 radical (unpaired) electrons. The summed E-state index contributed by atoms with van der Waals surface area (Å²) in [6.45, 7) is 5.55. The van der Waals surface area contributed by atoms with Gasteiger partial charge < -0.3 is 24.4 Å². The van der Waals surface area contributed by atoms with Gasteiger partial charge in [0, 0.05) is 19.2 Å². The normalized spacial score (nSPS) is 15.9. The van der Waals surface area contributed by atoms with Crippen LogP contribution in [-0.4, -0.2) is 71.1 Å². The molecule has 0 saturated carbocycles. The summed E-state index contributed by atoms with van der Waals surface area (Å²) in [5.74, 6) is -8.96. The molecule has 1 aliphatic rings. The Hall–Kier alpha value is -4.41. The number of aromatic nitrogens is 3. The highest BCUT2D eigenvalue weighted by Gasteiger charge is 2.45. The number of hydrogen-bond donors (Lipinski definition) is 1. The molecule has 1 atom stereocenters. The fourth-order valence-corrected chi connectivity index (χ4v) is 4.61. The van der Waals surface area contributed by atoms with Gasteiger partial charge in [0.1, 0.15) is 5.82 Å². The fraction of sp³-hybridized carbons (Fsp3) is 0.444. The topological polar surface area (TPSA) is 124 Å². The molecule has 0 unspecified atom stereocenters. The molecule has 1 aliphatic heterocycles. The van der Waals surface area contributed by atoms with E-state index >= 15 is 0 Å². The van der Waals surface area contributed by atoms with E-state index in [1.165, 1.54) is 31.5 Å². The van der Waals surface area contributed by atoms with E-state index in [0.29, 0.717) is 12.4 Å². The van der Waals surface area contributed by atoms with Crippen LogP contribution in [0.4, 0.5) is 38.0 Å². The number of methoxy groups -OCH3 is 1. The van der Waals surface area contributed by atoms with Crippen LogP contribution in [0.1, 0.15) is 49.5 Å². The van der Waals surface area contributed by atoms with Crippen molar-refractivity contribution in [1.29, 1.82) is 0 Å². The molecule has 1 amide bonds. The summed E-state index contributed by atoms with van der Waals surface area (Å²) < 4.78 is 94.3. The van der Waals surface area contributed by atoms with Gasteiger partial charge >= 0.3 is 24.3 Å². The Labute approximate surface area is 246 Å². The van der Waals surface area contributed by atoms with Crippen molar-refractivity contribution < 1.29 is 54.9 Å². The summed E-state index contributed by atoms with van der Waals surface area (Å²) in [7, 11) is 1.59. The Kier molecular flexibility index (Phi) is 8.82. The maximum Gasteiger partial charge on any atom is 0.491 e. The lowest BCUT2D eigenvalue weighted by atomic mass is 9.85. The summed E-state index contributed by atoms with van der Waals surface area (Å²) in [5.41, 5.74) is -1.98. The molecule has 238 valence electrons. The number of anilines is 2. The number of halogens is 6. The Balaban J connectivity index is 1.74. The molecule has 2 aromatic heterocycles. The number of nitrogens with zero attached hydrogens (tertiary/aromatic N) is 4. The van der Waals surface area contributed by atoms with Gasteiger partial charge in [0.25, 0.3) is 5.91 Å². The minimum absolute atomic E-state index is 0.0992. The Morgan fingerprint density at radius 1 is 0.955 bits per heavy atom. The van der Waals surface area contributed by atoms with Crippen molar-refractivity contribution in [3.8, 4) is 11.5 Å². The number of fused-ring (bicyclic) bond motifs is 1. The van der Waals surface area contributed by atoms with Crippen LogP contribution in [0, 0.1) is 0 Å². The molecule has 4 rings (SSSR count). The second-order valence-electron chi connectivity index (χ2n) is 10.9. The van der Waals surface area contributed by atoms with Crippen LogP contribution in [0.5, 0.6) is 11.5 Å². The van der Waals surface area contributed by atoms with Gasteiger partial charge in [-0.3, -0.25) is 4.79 Å². The molecule has 0 spiro atoms. The lowest BCUT2D eigenvalue weighted by Crippen LogP contribution is -2.33. The first-order valence-corrected chi connectivity index (χ1v) is 13.1. The fourth-order valence-electron chi connectivity index (χ4n) is 4.61. The SMILES string of the molecule is COC[C@@H]1CCCN1c1ccc2nc(NC(=O)c3ccc(C(C)(C)C)c(OC(=O)C(F)(F)F)c3OC(=O)C(F)(F)F)cn2n1. The lowest BCUT2D eigenvalue weighted by molar-refractivity contribution is -0.191. The zero-order valence-electron chi connectivity index (χ0n) is 23.8. The summed E-state index contributed by atoms with van der Waals surface area (Å²) in [6.07, 6.45) is -8.06. The summed E-state index contributed by atoms with van der Waals surface area (Å²) in [4.78, 5) is 43.1. The van der Waals surface area contributed by atoms with Crippen molar-refractivity contribution in [3.05, 3.63) is 41.6 Å². The minimum atomic E-state index is -5.61.